The zero-order valence-electron chi connectivity index (χ0n) is 21.0. The van der Waals surface area contributed by atoms with Crippen LogP contribution in [0, 0.1) is 0 Å². The summed E-state index contributed by atoms with van der Waals surface area (Å²) in [5.74, 6) is 1.32. The van der Waals surface area contributed by atoms with E-state index in [0.29, 0.717) is 57.9 Å². The molecule has 1 atom stereocenters. The summed E-state index contributed by atoms with van der Waals surface area (Å²) in [4.78, 5) is 25.5. The van der Waals surface area contributed by atoms with Crippen molar-refractivity contribution in [3.63, 3.8) is 0 Å². The summed E-state index contributed by atoms with van der Waals surface area (Å²) in [5, 5.41) is 7.29. The van der Waals surface area contributed by atoms with Crippen LogP contribution in [0.4, 0.5) is 5.69 Å². The maximum atomic E-state index is 13.4. The van der Waals surface area contributed by atoms with Gasteiger partial charge in [-0.15, -0.1) is 0 Å². The summed E-state index contributed by atoms with van der Waals surface area (Å²) in [5.41, 5.74) is 4.13. The van der Waals surface area contributed by atoms with E-state index < -0.39 is 0 Å². The Kier molecular flexibility index (Phi) is 8.15. The molecule has 1 unspecified atom stereocenters. The zero-order valence-corrected chi connectivity index (χ0v) is 22.5. The first-order chi connectivity index (χ1) is 17.8. The number of aryl methyl sites for hydroxylation is 1. The molecule has 7 nitrogen and oxygen atoms in total. The van der Waals surface area contributed by atoms with Crippen LogP contribution < -0.4 is 30.3 Å². The van der Waals surface area contributed by atoms with Gasteiger partial charge in [0, 0.05) is 29.1 Å². The van der Waals surface area contributed by atoms with Crippen LogP contribution in [0.5, 0.6) is 17.2 Å². The Morgan fingerprint density at radius 1 is 1.00 bits per heavy atom. The molecule has 9 heteroatoms. The predicted molar refractivity (Wildman–Crippen MR) is 146 cm³/mol. The fourth-order valence-electron chi connectivity index (χ4n) is 4.72. The Balaban J connectivity index is 1.90. The molecular formula is C28H28Cl2N2O5. The summed E-state index contributed by atoms with van der Waals surface area (Å²) in [6, 6.07) is 11.9. The number of halogens is 2. The van der Waals surface area contributed by atoms with Gasteiger partial charge in [0.2, 0.25) is 17.1 Å². The van der Waals surface area contributed by atoms with E-state index >= 15 is 0 Å². The molecule has 2 N–H and O–H groups in total. The van der Waals surface area contributed by atoms with Gasteiger partial charge in [0.15, 0.2) is 11.5 Å². The van der Waals surface area contributed by atoms with Crippen LogP contribution in [0.2, 0.25) is 10.0 Å². The Morgan fingerprint density at radius 2 is 1.76 bits per heavy atom. The lowest BCUT2D eigenvalue weighted by Gasteiger charge is -2.19. The molecule has 0 radical (unpaired) electrons. The van der Waals surface area contributed by atoms with Crippen LogP contribution in [0.1, 0.15) is 36.1 Å². The molecule has 3 aromatic rings. The first-order valence-electron chi connectivity index (χ1n) is 11.7. The van der Waals surface area contributed by atoms with Crippen molar-refractivity contribution in [1.29, 1.82) is 0 Å². The number of amides is 1. The molecule has 0 saturated heterocycles. The van der Waals surface area contributed by atoms with Crippen molar-refractivity contribution in [1.82, 2.24) is 5.32 Å². The SMILES string of the molecule is COc1cc2c(c(OC)c1OC)-c1ccc(NCc3cc(Cl)ccc3Cl)c(=O)cc1C(NC(C)=O)CC2. The number of carbonyl (C=O) groups excluding carboxylic acids is 1. The molecule has 0 bridgehead atoms. The van der Waals surface area contributed by atoms with Gasteiger partial charge in [-0.25, -0.2) is 0 Å². The lowest BCUT2D eigenvalue weighted by molar-refractivity contribution is -0.119. The molecule has 0 aliphatic heterocycles. The van der Waals surface area contributed by atoms with Gasteiger partial charge in [-0.3, -0.25) is 9.59 Å². The second-order valence-corrected chi connectivity index (χ2v) is 9.53. The van der Waals surface area contributed by atoms with Gasteiger partial charge in [-0.2, -0.15) is 0 Å². The number of carbonyl (C=O) groups is 1. The molecule has 1 aliphatic carbocycles. The number of hydrogen-bond acceptors (Lipinski definition) is 6. The third kappa shape index (κ3) is 5.48. The second-order valence-electron chi connectivity index (χ2n) is 8.69. The maximum Gasteiger partial charge on any atom is 0.217 e. The fraction of sp³-hybridized carbons (Fsp3) is 0.286. The van der Waals surface area contributed by atoms with Crippen molar-refractivity contribution >= 4 is 34.8 Å². The number of nitrogens with one attached hydrogen (secondary N) is 2. The topological polar surface area (TPSA) is 85.9 Å². The summed E-state index contributed by atoms with van der Waals surface area (Å²) in [6.45, 7) is 1.77. The lowest BCUT2D eigenvalue weighted by atomic mass is 9.95. The molecule has 1 aliphatic rings. The molecule has 1 amide bonds. The highest BCUT2D eigenvalue weighted by atomic mass is 35.5. The highest BCUT2D eigenvalue weighted by Crippen LogP contribution is 2.50. The van der Waals surface area contributed by atoms with Crippen LogP contribution in [-0.2, 0) is 17.8 Å². The Morgan fingerprint density at radius 3 is 2.43 bits per heavy atom. The second kappa shape index (κ2) is 11.3. The van der Waals surface area contributed by atoms with Crippen LogP contribution in [0.3, 0.4) is 0 Å². The average Bonchev–Trinajstić information content (AvgIpc) is 3.12. The largest absolute Gasteiger partial charge is 0.493 e. The molecule has 3 aromatic carbocycles. The van der Waals surface area contributed by atoms with E-state index in [4.69, 9.17) is 37.4 Å². The van der Waals surface area contributed by atoms with E-state index in [-0.39, 0.29) is 17.4 Å². The van der Waals surface area contributed by atoms with Gasteiger partial charge in [-0.1, -0.05) is 29.3 Å². The molecule has 0 aromatic heterocycles. The van der Waals surface area contributed by atoms with Crippen molar-refractivity contribution < 1.29 is 19.0 Å². The van der Waals surface area contributed by atoms with E-state index in [9.17, 15) is 9.59 Å². The number of anilines is 1. The van der Waals surface area contributed by atoms with Gasteiger partial charge in [0.25, 0.3) is 0 Å². The quantitative estimate of drug-likeness (QED) is 0.393. The molecule has 194 valence electrons. The first-order valence-corrected chi connectivity index (χ1v) is 12.5. The Bertz CT molecular complexity index is 1410. The van der Waals surface area contributed by atoms with Crippen molar-refractivity contribution in [2.75, 3.05) is 26.6 Å². The minimum atomic E-state index is -0.378. The number of methoxy groups -OCH3 is 3. The van der Waals surface area contributed by atoms with E-state index in [1.54, 1.807) is 51.7 Å². The van der Waals surface area contributed by atoms with E-state index in [1.165, 1.54) is 6.92 Å². The fourth-order valence-corrected chi connectivity index (χ4v) is 5.10. The van der Waals surface area contributed by atoms with Crippen LogP contribution in [0.15, 0.2) is 47.3 Å². The van der Waals surface area contributed by atoms with Crippen molar-refractivity contribution in [2.45, 2.75) is 32.4 Å². The summed E-state index contributed by atoms with van der Waals surface area (Å²) < 4.78 is 17.0. The average molecular weight is 543 g/mol. The Hall–Kier alpha value is -3.42. The smallest absolute Gasteiger partial charge is 0.217 e. The van der Waals surface area contributed by atoms with Gasteiger partial charge < -0.3 is 24.8 Å². The predicted octanol–water partition coefficient (Wildman–Crippen LogP) is 5.78. The number of fused-ring (bicyclic) bond motifs is 3. The summed E-state index contributed by atoms with van der Waals surface area (Å²) in [7, 11) is 4.69. The first kappa shape index (κ1) is 26.6. The van der Waals surface area contributed by atoms with Gasteiger partial charge in [0.05, 0.1) is 33.1 Å². The number of benzene rings is 2. The minimum absolute atomic E-state index is 0.183. The third-order valence-electron chi connectivity index (χ3n) is 6.39. The minimum Gasteiger partial charge on any atom is -0.493 e. The van der Waals surface area contributed by atoms with Gasteiger partial charge in [0.1, 0.15) is 0 Å². The monoisotopic (exact) mass is 542 g/mol. The lowest BCUT2D eigenvalue weighted by Crippen LogP contribution is -2.26. The van der Waals surface area contributed by atoms with Gasteiger partial charge >= 0.3 is 0 Å². The highest BCUT2D eigenvalue weighted by molar-refractivity contribution is 6.33. The molecule has 0 fully saturated rings. The molecule has 4 rings (SSSR count). The normalized spacial score (nSPS) is 14.1. The molecular weight excluding hydrogens is 515 g/mol. The van der Waals surface area contributed by atoms with Crippen LogP contribution in [-0.4, -0.2) is 27.2 Å². The third-order valence-corrected chi connectivity index (χ3v) is 7.00. The zero-order chi connectivity index (χ0) is 26.7. The van der Waals surface area contributed by atoms with E-state index in [0.717, 1.165) is 22.3 Å². The van der Waals surface area contributed by atoms with E-state index in [1.807, 2.05) is 12.1 Å². The molecule has 37 heavy (non-hydrogen) atoms. The standard InChI is InChI=1S/C28H28Cl2N2O5/c1-15(33)32-22-9-5-16-12-25(35-2)27(36-3)28(37-4)26(16)19-7-10-23(24(34)13-20(19)22)31-14-17-11-18(29)6-8-21(17)30/h6-8,10-13,22H,5,9,14H2,1-4H3,(H,31,34)(H,32,33). The van der Waals surface area contributed by atoms with Crippen LogP contribution >= 0.6 is 23.2 Å². The Labute approximate surface area is 225 Å². The summed E-state index contributed by atoms with van der Waals surface area (Å²) in [6.07, 6.45) is 1.21. The van der Waals surface area contributed by atoms with Crippen molar-refractivity contribution in [3.05, 3.63) is 79.4 Å². The summed E-state index contributed by atoms with van der Waals surface area (Å²) >= 11 is 12.4. The van der Waals surface area contributed by atoms with Crippen molar-refractivity contribution in [3.8, 4) is 28.4 Å². The number of ether oxygens (including phenoxy) is 3. The van der Waals surface area contributed by atoms with E-state index in [2.05, 4.69) is 10.6 Å². The number of rotatable bonds is 7. The molecule has 0 spiro atoms. The van der Waals surface area contributed by atoms with Gasteiger partial charge in [-0.05, 0) is 71.5 Å². The van der Waals surface area contributed by atoms with Crippen LogP contribution in [0.25, 0.3) is 11.1 Å². The molecule has 0 saturated carbocycles. The highest BCUT2D eigenvalue weighted by Gasteiger charge is 2.29. The molecule has 0 heterocycles. The van der Waals surface area contributed by atoms with Crippen molar-refractivity contribution in [2.24, 2.45) is 0 Å². The number of hydrogen-bond donors (Lipinski definition) is 2. The maximum absolute atomic E-state index is 13.4.